The lowest BCUT2D eigenvalue weighted by Gasteiger charge is -2.19. The number of ether oxygens (including phenoxy) is 1. The van der Waals surface area contributed by atoms with Gasteiger partial charge < -0.3 is 21.1 Å². The van der Waals surface area contributed by atoms with Crippen LogP contribution in [0.15, 0.2) is 12.1 Å². The van der Waals surface area contributed by atoms with Crippen LogP contribution in [0.25, 0.3) is 0 Å². The third-order valence-corrected chi connectivity index (χ3v) is 3.45. The minimum Gasteiger partial charge on any atom is -0.444 e. The van der Waals surface area contributed by atoms with Crippen molar-refractivity contribution in [1.82, 2.24) is 5.32 Å². The number of carbonyl (C=O) groups is 1. The van der Waals surface area contributed by atoms with Gasteiger partial charge in [0.2, 0.25) is 0 Å². The second-order valence-electron chi connectivity index (χ2n) is 7.01. The summed E-state index contributed by atoms with van der Waals surface area (Å²) in [5.41, 5.74) is 3.89. The van der Waals surface area contributed by atoms with Gasteiger partial charge in [-0.1, -0.05) is 0 Å². The van der Waals surface area contributed by atoms with Gasteiger partial charge in [0.1, 0.15) is 5.60 Å². The Bertz CT molecular complexity index is 692. The molecule has 27 heavy (non-hydrogen) atoms. The molecule has 0 radical (unpaired) electrons. The molecule has 1 aromatic rings. The van der Waals surface area contributed by atoms with Crippen molar-refractivity contribution < 1.29 is 22.7 Å². The molecule has 0 unspecified atom stereocenters. The smallest absolute Gasteiger partial charge is 0.417 e. The van der Waals surface area contributed by atoms with Crippen molar-refractivity contribution in [3.8, 4) is 6.07 Å². The molecule has 150 valence electrons. The molecule has 1 amide bonds. The van der Waals surface area contributed by atoms with Crippen LogP contribution >= 0.6 is 0 Å². The van der Waals surface area contributed by atoms with Gasteiger partial charge in [-0.15, -0.1) is 0 Å². The number of nitrogens with two attached hydrogens (primary N) is 1. The normalized spacial score (nSPS) is 11.6. The molecule has 0 aliphatic rings. The summed E-state index contributed by atoms with van der Waals surface area (Å²) in [4.78, 5) is 11.5. The molecule has 1 aromatic carbocycles. The summed E-state index contributed by atoms with van der Waals surface area (Å²) in [5, 5.41) is 14.3. The van der Waals surface area contributed by atoms with E-state index in [1.165, 1.54) is 6.07 Å². The Labute approximate surface area is 156 Å². The minimum atomic E-state index is -4.62. The number of amides is 1. The summed E-state index contributed by atoms with van der Waals surface area (Å²) in [6.07, 6.45) is -2.96. The second-order valence-corrected chi connectivity index (χ2v) is 7.01. The number of nitrogens with zero attached hydrogens (tertiary/aromatic N) is 1. The van der Waals surface area contributed by atoms with E-state index in [4.69, 9.17) is 15.7 Å². The van der Waals surface area contributed by atoms with E-state index in [-0.39, 0.29) is 11.4 Å². The molecule has 0 saturated carbocycles. The van der Waals surface area contributed by atoms with Gasteiger partial charge in [0.15, 0.2) is 0 Å². The Morgan fingerprint density at radius 1 is 1.19 bits per heavy atom. The molecule has 0 fully saturated rings. The zero-order valence-corrected chi connectivity index (χ0v) is 15.7. The van der Waals surface area contributed by atoms with Crippen LogP contribution in [-0.4, -0.2) is 24.8 Å². The topological polar surface area (TPSA) is 100 Å². The fourth-order valence-corrected chi connectivity index (χ4v) is 2.25. The predicted molar refractivity (Wildman–Crippen MR) is 97.1 cm³/mol. The van der Waals surface area contributed by atoms with Crippen molar-refractivity contribution >= 4 is 17.5 Å². The molecule has 0 bridgehead atoms. The summed E-state index contributed by atoms with van der Waals surface area (Å²) in [6.45, 7) is 6.19. The Hall–Kier alpha value is -2.63. The molecular weight excluding hydrogens is 361 g/mol. The van der Waals surface area contributed by atoms with Gasteiger partial charge in [0, 0.05) is 13.1 Å². The maximum absolute atomic E-state index is 13.0. The van der Waals surface area contributed by atoms with Crippen LogP contribution < -0.4 is 16.4 Å². The van der Waals surface area contributed by atoms with Gasteiger partial charge in [0.05, 0.1) is 28.6 Å². The maximum atomic E-state index is 13.0. The summed E-state index contributed by atoms with van der Waals surface area (Å²) in [6, 6.07) is 3.39. The highest BCUT2D eigenvalue weighted by Gasteiger charge is 2.34. The number of alkyl halides is 3. The highest BCUT2D eigenvalue weighted by atomic mass is 19.4. The van der Waals surface area contributed by atoms with E-state index in [0.717, 1.165) is 18.6 Å². The van der Waals surface area contributed by atoms with Gasteiger partial charge in [-0.2, -0.15) is 18.4 Å². The molecule has 6 nitrogen and oxygen atoms in total. The Morgan fingerprint density at radius 3 is 2.37 bits per heavy atom. The molecule has 0 aliphatic carbocycles. The number of nitrogens with one attached hydrogen (secondary N) is 2. The fraction of sp³-hybridized carbons (Fsp3) is 0.556. The number of benzene rings is 1. The number of hydrogen-bond acceptors (Lipinski definition) is 5. The van der Waals surface area contributed by atoms with Crippen LogP contribution in [-0.2, 0) is 10.9 Å². The summed E-state index contributed by atoms with van der Waals surface area (Å²) < 4.78 is 44.0. The van der Waals surface area contributed by atoms with Crippen LogP contribution in [0.2, 0.25) is 0 Å². The lowest BCUT2D eigenvalue weighted by molar-refractivity contribution is -0.137. The molecule has 0 heterocycles. The number of carbonyl (C=O) groups excluding carboxylic acids is 1. The molecule has 1 rings (SSSR count). The maximum Gasteiger partial charge on any atom is 0.417 e. The van der Waals surface area contributed by atoms with Crippen LogP contribution in [0, 0.1) is 11.3 Å². The zero-order valence-electron chi connectivity index (χ0n) is 15.7. The van der Waals surface area contributed by atoms with Crippen molar-refractivity contribution in [2.45, 2.75) is 51.8 Å². The highest BCUT2D eigenvalue weighted by molar-refractivity contribution is 5.70. The SMILES string of the molecule is CC(C)(C)OC(=O)NCCCCCNc1cc(C(F)(F)F)c(C#N)cc1N. The number of anilines is 2. The van der Waals surface area contributed by atoms with Crippen molar-refractivity contribution in [3.63, 3.8) is 0 Å². The highest BCUT2D eigenvalue weighted by Crippen LogP contribution is 2.36. The monoisotopic (exact) mass is 386 g/mol. The summed E-state index contributed by atoms with van der Waals surface area (Å²) in [7, 11) is 0. The van der Waals surface area contributed by atoms with E-state index < -0.39 is 29.0 Å². The number of halogens is 3. The number of nitrogen functional groups attached to an aromatic ring is 1. The van der Waals surface area contributed by atoms with E-state index in [9.17, 15) is 18.0 Å². The van der Waals surface area contributed by atoms with Gasteiger partial charge >= 0.3 is 12.3 Å². The van der Waals surface area contributed by atoms with Crippen LogP contribution in [0.1, 0.15) is 51.2 Å². The van der Waals surface area contributed by atoms with Crippen LogP contribution in [0.5, 0.6) is 0 Å². The molecule has 0 saturated heterocycles. The number of rotatable bonds is 7. The lowest BCUT2D eigenvalue weighted by atomic mass is 10.1. The molecule has 0 spiro atoms. The standard InChI is InChI=1S/C18H25F3N4O2/c1-17(2,3)27-16(26)25-8-6-4-5-7-24-15-10-13(18(19,20)21)12(11-22)9-14(15)23/h9-10,24H,4-8,23H2,1-3H3,(H,25,26). The first-order valence-corrected chi connectivity index (χ1v) is 8.55. The van der Waals surface area contributed by atoms with Crippen molar-refractivity contribution in [3.05, 3.63) is 23.3 Å². The fourth-order valence-electron chi connectivity index (χ4n) is 2.25. The van der Waals surface area contributed by atoms with Crippen molar-refractivity contribution in [2.24, 2.45) is 0 Å². The summed E-state index contributed by atoms with van der Waals surface area (Å²) >= 11 is 0. The van der Waals surface area contributed by atoms with Crippen molar-refractivity contribution in [1.29, 1.82) is 5.26 Å². The number of hydrogen-bond donors (Lipinski definition) is 3. The quantitative estimate of drug-likeness (QED) is 0.480. The molecule has 0 aromatic heterocycles. The summed E-state index contributed by atoms with van der Waals surface area (Å²) in [5.74, 6) is 0. The van der Waals surface area contributed by atoms with E-state index in [2.05, 4.69) is 10.6 Å². The minimum absolute atomic E-state index is 0.0890. The first-order valence-electron chi connectivity index (χ1n) is 8.55. The van der Waals surface area contributed by atoms with E-state index >= 15 is 0 Å². The Morgan fingerprint density at radius 2 is 1.81 bits per heavy atom. The van der Waals surface area contributed by atoms with Crippen molar-refractivity contribution in [2.75, 3.05) is 24.1 Å². The largest absolute Gasteiger partial charge is 0.444 e. The first-order chi connectivity index (χ1) is 12.4. The average Bonchev–Trinajstić information content (AvgIpc) is 2.52. The van der Waals surface area contributed by atoms with Crippen LogP contribution in [0.4, 0.5) is 29.3 Å². The lowest BCUT2D eigenvalue weighted by Crippen LogP contribution is -2.33. The number of nitriles is 1. The van der Waals surface area contributed by atoms with E-state index in [1.54, 1.807) is 20.8 Å². The molecule has 4 N–H and O–H groups in total. The third kappa shape index (κ3) is 8.07. The zero-order chi connectivity index (χ0) is 20.7. The molecule has 0 aliphatic heterocycles. The first kappa shape index (κ1) is 22.4. The molecular formula is C18H25F3N4O2. The Balaban J connectivity index is 2.41. The van der Waals surface area contributed by atoms with E-state index in [1.807, 2.05) is 0 Å². The molecule has 9 heteroatoms. The van der Waals surface area contributed by atoms with Gasteiger partial charge in [0.25, 0.3) is 0 Å². The second kappa shape index (κ2) is 9.35. The number of alkyl carbamates (subject to hydrolysis) is 1. The van der Waals surface area contributed by atoms with E-state index in [0.29, 0.717) is 25.9 Å². The van der Waals surface area contributed by atoms with Gasteiger partial charge in [-0.25, -0.2) is 4.79 Å². The predicted octanol–water partition coefficient (Wildman–Crippen LogP) is 4.27. The van der Waals surface area contributed by atoms with Crippen LogP contribution in [0.3, 0.4) is 0 Å². The van der Waals surface area contributed by atoms with Gasteiger partial charge in [-0.3, -0.25) is 0 Å². The average molecular weight is 386 g/mol. The third-order valence-electron chi connectivity index (χ3n) is 3.45. The van der Waals surface area contributed by atoms with Gasteiger partial charge in [-0.05, 0) is 52.2 Å². The molecule has 0 atom stereocenters. The number of unbranched alkanes of at least 4 members (excludes halogenated alkanes) is 2. The Kier molecular flexibility index (Phi) is 7.76.